The molecule has 1 aliphatic heterocycles. The summed E-state index contributed by atoms with van der Waals surface area (Å²) in [7, 11) is 0. The van der Waals surface area contributed by atoms with Crippen LogP contribution in [-0.4, -0.2) is 17.4 Å². The van der Waals surface area contributed by atoms with Crippen molar-refractivity contribution in [2.24, 2.45) is 5.41 Å². The molecule has 0 aromatic carbocycles. The Hall–Kier alpha value is -1.09. The molecule has 1 aliphatic carbocycles. The van der Waals surface area contributed by atoms with Gasteiger partial charge in [0.1, 0.15) is 0 Å². The monoisotopic (exact) mass is 236 g/mol. The summed E-state index contributed by atoms with van der Waals surface area (Å²) in [6.45, 7) is 11.6. The Morgan fingerprint density at radius 2 is 2.12 bits per heavy atom. The van der Waals surface area contributed by atoms with Crippen LogP contribution in [0.3, 0.4) is 0 Å². The van der Waals surface area contributed by atoms with Gasteiger partial charge in [-0.15, -0.1) is 0 Å². The number of allylic oxidation sites excluding steroid dienone is 1. The molecule has 0 unspecified atom stereocenters. The highest BCUT2D eigenvalue weighted by molar-refractivity contribution is 5.83. The van der Waals surface area contributed by atoms with Gasteiger partial charge < -0.3 is 9.47 Å². The van der Waals surface area contributed by atoms with Crippen LogP contribution >= 0.6 is 0 Å². The molecule has 17 heavy (non-hydrogen) atoms. The molecular weight excluding hydrogens is 216 g/mol. The van der Waals surface area contributed by atoms with E-state index in [9.17, 15) is 4.79 Å². The minimum absolute atomic E-state index is 0.247. The van der Waals surface area contributed by atoms with Gasteiger partial charge in [0.05, 0.1) is 0 Å². The van der Waals surface area contributed by atoms with Gasteiger partial charge in [0.2, 0.25) is 5.79 Å². The van der Waals surface area contributed by atoms with E-state index >= 15 is 0 Å². The van der Waals surface area contributed by atoms with Gasteiger partial charge >= 0.3 is 5.97 Å². The zero-order valence-electron chi connectivity index (χ0n) is 11.0. The van der Waals surface area contributed by atoms with E-state index in [4.69, 9.17) is 9.47 Å². The van der Waals surface area contributed by atoms with Gasteiger partial charge in [0.15, 0.2) is 5.60 Å². The SMILES string of the molecule is C=CC1=CC[C@]2(C1)O[C@](C)(C(C)(C)C)OC2=O. The van der Waals surface area contributed by atoms with Gasteiger partial charge in [-0.1, -0.05) is 39.5 Å². The van der Waals surface area contributed by atoms with Crippen LogP contribution in [0.25, 0.3) is 0 Å². The largest absolute Gasteiger partial charge is 0.431 e. The van der Waals surface area contributed by atoms with E-state index in [0.717, 1.165) is 5.57 Å². The van der Waals surface area contributed by atoms with E-state index in [0.29, 0.717) is 12.8 Å². The second-order valence-electron chi connectivity index (χ2n) is 6.05. The Morgan fingerprint density at radius 1 is 1.47 bits per heavy atom. The van der Waals surface area contributed by atoms with Crippen LogP contribution in [0.4, 0.5) is 0 Å². The number of carbonyl (C=O) groups excluding carboxylic acids is 1. The van der Waals surface area contributed by atoms with Crippen molar-refractivity contribution in [2.45, 2.75) is 51.9 Å². The first kappa shape index (κ1) is 12.4. The molecule has 0 radical (unpaired) electrons. The van der Waals surface area contributed by atoms with Crippen LogP contribution in [0.2, 0.25) is 0 Å². The van der Waals surface area contributed by atoms with E-state index in [1.165, 1.54) is 0 Å². The maximum Gasteiger partial charge on any atom is 0.341 e. The molecule has 2 atom stereocenters. The minimum atomic E-state index is -0.853. The first-order valence-corrected chi connectivity index (χ1v) is 5.98. The molecule has 0 saturated carbocycles. The standard InChI is InChI=1S/C14H20O3/c1-6-10-7-8-14(9-10)11(15)16-13(5,17-14)12(2,3)4/h6-7H,1,8-9H2,2-5H3/t13-,14-/m1/s1. The molecule has 1 spiro atoms. The average molecular weight is 236 g/mol. The molecule has 0 bridgehead atoms. The summed E-state index contributed by atoms with van der Waals surface area (Å²) in [6.07, 6.45) is 4.93. The van der Waals surface area contributed by atoms with E-state index in [-0.39, 0.29) is 11.4 Å². The van der Waals surface area contributed by atoms with Crippen LogP contribution in [0.5, 0.6) is 0 Å². The molecule has 3 heteroatoms. The summed E-state index contributed by atoms with van der Waals surface area (Å²) in [4.78, 5) is 12.1. The molecule has 0 N–H and O–H groups in total. The smallest absolute Gasteiger partial charge is 0.341 e. The normalized spacial score (nSPS) is 37.2. The Morgan fingerprint density at radius 3 is 2.53 bits per heavy atom. The fraction of sp³-hybridized carbons (Fsp3) is 0.643. The molecule has 2 rings (SSSR count). The van der Waals surface area contributed by atoms with E-state index in [1.54, 1.807) is 6.08 Å². The Balaban J connectivity index is 2.26. The van der Waals surface area contributed by atoms with Crippen molar-refractivity contribution < 1.29 is 14.3 Å². The van der Waals surface area contributed by atoms with Gasteiger partial charge in [-0.2, -0.15) is 0 Å². The first-order valence-electron chi connectivity index (χ1n) is 5.98. The van der Waals surface area contributed by atoms with E-state index < -0.39 is 11.4 Å². The molecule has 1 fully saturated rings. The zero-order chi connectivity index (χ0) is 12.9. The summed E-state index contributed by atoms with van der Waals surface area (Å²) in [5.74, 6) is -1.10. The Bertz CT molecular complexity index is 402. The number of rotatable bonds is 1. The van der Waals surface area contributed by atoms with Crippen molar-refractivity contribution in [2.75, 3.05) is 0 Å². The Kier molecular flexibility index (Phi) is 2.51. The van der Waals surface area contributed by atoms with Crippen LogP contribution in [-0.2, 0) is 14.3 Å². The lowest BCUT2D eigenvalue weighted by Crippen LogP contribution is -2.43. The highest BCUT2D eigenvalue weighted by Crippen LogP contribution is 2.49. The van der Waals surface area contributed by atoms with Crippen LogP contribution in [0.1, 0.15) is 40.5 Å². The van der Waals surface area contributed by atoms with E-state index in [1.807, 2.05) is 33.8 Å². The second-order valence-corrected chi connectivity index (χ2v) is 6.05. The maximum absolute atomic E-state index is 12.1. The van der Waals surface area contributed by atoms with E-state index in [2.05, 4.69) is 6.58 Å². The van der Waals surface area contributed by atoms with Crippen LogP contribution in [0.15, 0.2) is 24.3 Å². The lowest BCUT2D eigenvalue weighted by Gasteiger charge is -2.36. The lowest BCUT2D eigenvalue weighted by molar-refractivity contribution is -0.230. The molecule has 0 aromatic rings. The number of ether oxygens (including phenoxy) is 2. The lowest BCUT2D eigenvalue weighted by atomic mass is 9.86. The second kappa shape index (κ2) is 3.45. The van der Waals surface area contributed by atoms with Crippen molar-refractivity contribution in [1.29, 1.82) is 0 Å². The maximum atomic E-state index is 12.1. The molecule has 0 aromatic heterocycles. The number of cyclic esters (lactones) is 1. The molecular formula is C14H20O3. The third kappa shape index (κ3) is 1.73. The minimum Gasteiger partial charge on any atom is -0.431 e. The first-order chi connectivity index (χ1) is 7.72. The number of carbonyl (C=O) groups is 1. The van der Waals surface area contributed by atoms with Crippen molar-refractivity contribution >= 4 is 5.97 Å². The van der Waals surface area contributed by atoms with Gasteiger partial charge in [0, 0.05) is 25.2 Å². The van der Waals surface area contributed by atoms with Crippen LogP contribution < -0.4 is 0 Å². The van der Waals surface area contributed by atoms with Gasteiger partial charge in [-0.25, -0.2) is 4.79 Å². The highest BCUT2D eigenvalue weighted by atomic mass is 16.8. The van der Waals surface area contributed by atoms with Gasteiger partial charge in [0.25, 0.3) is 0 Å². The average Bonchev–Trinajstić information content (AvgIpc) is 2.70. The molecule has 94 valence electrons. The molecule has 3 nitrogen and oxygen atoms in total. The fourth-order valence-electron chi connectivity index (χ4n) is 2.17. The number of esters is 1. The molecule has 1 heterocycles. The van der Waals surface area contributed by atoms with Crippen molar-refractivity contribution in [3.8, 4) is 0 Å². The highest BCUT2D eigenvalue weighted by Gasteiger charge is 2.60. The number of hydrogen-bond acceptors (Lipinski definition) is 3. The van der Waals surface area contributed by atoms with Crippen molar-refractivity contribution in [3.05, 3.63) is 24.3 Å². The predicted octanol–water partition coefficient (Wildman–Crippen LogP) is 2.97. The summed E-state index contributed by atoms with van der Waals surface area (Å²) in [6, 6.07) is 0. The van der Waals surface area contributed by atoms with Gasteiger partial charge in [-0.3, -0.25) is 0 Å². The number of hydrogen-bond donors (Lipinski definition) is 0. The molecule has 1 saturated heterocycles. The van der Waals surface area contributed by atoms with Crippen molar-refractivity contribution in [1.82, 2.24) is 0 Å². The van der Waals surface area contributed by atoms with Gasteiger partial charge in [-0.05, 0) is 5.57 Å². The fourth-order valence-corrected chi connectivity index (χ4v) is 2.17. The third-order valence-electron chi connectivity index (χ3n) is 3.86. The predicted molar refractivity (Wildman–Crippen MR) is 65.3 cm³/mol. The molecule has 2 aliphatic rings. The summed E-state index contributed by atoms with van der Waals surface area (Å²) >= 11 is 0. The third-order valence-corrected chi connectivity index (χ3v) is 3.86. The molecule has 0 amide bonds. The Labute approximate surface area is 102 Å². The van der Waals surface area contributed by atoms with Crippen LogP contribution in [0, 0.1) is 5.41 Å². The summed E-state index contributed by atoms with van der Waals surface area (Å²) in [5, 5.41) is 0. The van der Waals surface area contributed by atoms with Crippen molar-refractivity contribution in [3.63, 3.8) is 0 Å². The topological polar surface area (TPSA) is 35.5 Å². The summed E-state index contributed by atoms with van der Waals surface area (Å²) in [5.41, 5.74) is -0.00521. The quantitative estimate of drug-likeness (QED) is 0.657. The summed E-state index contributed by atoms with van der Waals surface area (Å²) < 4.78 is 11.5. The zero-order valence-corrected chi connectivity index (χ0v) is 11.0.